The predicted molar refractivity (Wildman–Crippen MR) is 64.3 cm³/mol. The van der Waals surface area contributed by atoms with Crippen LogP contribution in [0.25, 0.3) is 0 Å². The molecule has 0 aromatic rings. The van der Waals surface area contributed by atoms with Gasteiger partial charge in [-0.25, -0.2) is 0 Å². The van der Waals surface area contributed by atoms with Crippen LogP contribution in [0.15, 0.2) is 12.7 Å². The highest BCUT2D eigenvalue weighted by Crippen LogP contribution is 2.36. The van der Waals surface area contributed by atoms with Crippen molar-refractivity contribution in [1.29, 1.82) is 0 Å². The van der Waals surface area contributed by atoms with Crippen molar-refractivity contribution >= 4 is 0 Å². The van der Waals surface area contributed by atoms with E-state index >= 15 is 0 Å². The van der Waals surface area contributed by atoms with Crippen molar-refractivity contribution in [3.63, 3.8) is 0 Å². The van der Waals surface area contributed by atoms with Crippen LogP contribution in [0.1, 0.15) is 58.8 Å². The molecular weight excluding hydrogens is 168 g/mol. The molecule has 82 valence electrons. The maximum absolute atomic E-state index is 3.91. The van der Waals surface area contributed by atoms with Crippen LogP contribution in [0.5, 0.6) is 0 Å². The van der Waals surface area contributed by atoms with E-state index in [0.29, 0.717) is 0 Å². The Morgan fingerprint density at radius 1 is 1.29 bits per heavy atom. The van der Waals surface area contributed by atoms with Gasteiger partial charge in [-0.2, -0.15) is 0 Å². The van der Waals surface area contributed by atoms with Crippen LogP contribution in [0, 0.1) is 17.8 Å². The van der Waals surface area contributed by atoms with E-state index in [0.717, 1.165) is 17.8 Å². The molecule has 0 saturated heterocycles. The van der Waals surface area contributed by atoms with Gasteiger partial charge < -0.3 is 0 Å². The Kier molecular flexibility index (Phi) is 5.29. The quantitative estimate of drug-likeness (QED) is 0.532. The molecule has 1 fully saturated rings. The molecule has 0 aliphatic heterocycles. The van der Waals surface area contributed by atoms with Crippen LogP contribution >= 0.6 is 0 Å². The van der Waals surface area contributed by atoms with Gasteiger partial charge >= 0.3 is 0 Å². The van der Waals surface area contributed by atoms with E-state index < -0.39 is 0 Å². The van der Waals surface area contributed by atoms with Gasteiger partial charge in [-0.15, -0.1) is 6.58 Å². The summed E-state index contributed by atoms with van der Waals surface area (Å²) >= 11 is 0. The first-order chi connectivity index (χ1) is 6.80. The van der Waals surface area contributed by atoms with Crippen LogP contribution in [0.2, 0.25) is 0 Å². The maximum Gasteiger partial charge on any atom is -0.0239 e. The average Bonchev–Trinajstić information content (AvgIpc) is 2.67. The van der Waals surface area contributed by atoms with E-state index in [2.05, 4.69) is 26.5 Å². The lowest BCUT2D eigenvalue weighted by Gasteiger charge is -2.14. The summed E-state index contributed by atoms with van der Waals surface area (Å²) in [4.78, 5) is 0. The molecule has 0 amide bonds. The molecule has 3 unspecified atom stereocenters. The third kappa shape index (κ3) is 3.48. The zero-order valence-electron chi connectivity index (χ0n) is 9.97. The Balaban J connectivity index is 2.16. The highest BCUT2D eigenvalue weighted by atomic mass is 14.3. The molecule has 0 nitrogen and oxygen atoms in total. The summed E-state index contributed by atoms with van der Waals surface area (Å²) < 4.78 is 0. The monoisotopic (exact) mass is 194 g/mol. The van der Waals surface area contributed by atoms with Crippen molar-refractivity contribution in [3.8, 4) is 0 Å². The van der Waals surface area contributed by atoms with E-state index in [-0.39, 0.29) is 0 Å². The van der Waals surface area contributed by atoms with E-state index in [1.54, 1.807) is 0 Å². The molecule has 1 aliphatic rings. The van der Waals surface area contributed by atoms with Crippen LogP contribution in [-0.2, 0) is 0 Å². The Morgan fingerprint density at radius 2 is 2.00 bits per heavy atom. The average molecular weight is 194 g/mol. The van der Waals surface area contributed by atoms with Crippen LogP contribution in [0.4, 0.5) is 0 Å². The summed E-state index contributed by atoms with van der Waals surface area (Å²) in [7, 11) is 0. The first-order valence-electron chi connectivity index (χ1n) is 6.42. The van der Waals surface area contributed by atoms with Gasteiger partial charge in [0.05, 0.1) is 0 Å². The highest BCUT2D eigenvalue weighted by Gasteiger charge is 2.23. The number of rotatable bonds is 6. The number of allylic oxidation sites excluding steroid dienone is 1. The van der Waals surface area contributed by atoms with Crippen molar-refractivity contribution in [2.75, 3.05) is 0 Å². The second-order valence-corrected chi connectivity index (χ2v) is 4.93. The normalized spacial score (nSPS) is 29.0. The van der Waals surface area contributed by atoms with Crippen molar-refractivity contribution < 1.29 is 0 Å². The molecule has 1 aliphatic carbocycles. The van der Waals surface area contributed by atoms with Gasteiger partial charge in [-0.3, -0.25) is 0 Å². The second-order valence-electron chi connectivity index (χ2n) is 4.93. The fourth-order valence-corrected chi connectivity index (χ4v) is 2.75. The minimum absolute atomic E-state index is 0.774. The van der Waals surface area contributed by atoms with Crippen LogP contribution in [0.3, 0.4) is 0 Å². The predicted octanol–water partition coefficient (Wildman–Crippen LogP) is 4.81. The standard InChI is InChI=1S/C14H26/c1-4-12(5-2)7-9-14-10-8-13(6-3)11-14/h4,12-14H,1,5-11H2,2-3H3. The second kappa shape index (κ2) is 6.27. The molecular formula is C14H26. The fraction of sp³-hybridized carbons (Fsp3) is 0.857. The molecule has 0 bridgehead atoms. The zero-order valence-corrected chi connectivity index (χ0v) is 9.97. The Labute approximate surface area is 89.8 Å². The van der Waals surface area contributed by atoms with E-state index in [9.17, 15) is 0 Å². The summed E-state index contributed by atoms with van der Waals surface area (Å²) in [6, 6.07) is 0. The Hall–Kier alpha value is -0.260. The third-order valence-electron chi connectivity index (χ3n) is 4.03. The Bertz CT molecular complexity index is 159. The first-order valence-corrected chi connectivity index (χ1v) is 6.42. The van der Waals surface area contributed by atoms with Crippen molar-refractivity contribution in [1.82, 2.24) is 0 Å². The maximum atomic E-state index is 3.91. The van der Waals surface area contributed by atoms with Crippen LogP contribution in [-0.4, -0.2) is 0 Å². The van der Waals surface area contributed by atoms with Gasteiger partial charge in [0.25, 0.3) is 0 Å². The molecule has 0 radical (unpaired) electrons. The van der Waals surface area contributed by atoms with Gasteiger partial charge in [0, 0.05) is 0 Å². The molecule has 3 atom stereocenters. The summed E-state index contributed by atoms with van der Waals surface area (Å²) in [5.74, 6) is 2.86. The van der Waals surface area contributed by atoms with E-state index in [1.807, 2.05) is 0 Å². The van der Waals surface area contributed by atoms with Crippen molar-refractivity contribution in [3.05, 3.63) is 12.7 Å². The van der Waals surface area contributed by atoms with Gasteiger partial charge in [0.1, 0.15) is 0 Å². The topological polar surface area (TPSA) is 0 Å². The van der Waals surface area contributed by atoms with Gasteiger partial charge in [0.15, 0.2) is 0 Å². The largest absolute Gasteiger partial charge is 0.103 e. The summed E-state index contributed by atoms with van der Waals surface area (Å²) in [6.07, 6.45) is 12.1. The summed E-state index contributed by atoms with van der Waals surface area (Å²) in [5.41, 5.74) is 0. The van der Waals surface area contributed by atoms with Crippen molar-refractivity contribution in [2.45, 2.75) is 58.8 Å². The van der Waals surface area contributed by atoms with E-state index in [4.69, 9.17) is 0 Å². The minimum Gasteiger partial charge on any atom is -0.103 e. The zero-order chi connectivity index (χ0) is 10.4. The summed E-state index contributed by atoms with van der Waals surface area (Å²) in [6.45, 7) is 8.52. The summed E-state index contributed by atoms with van der Waals surface area (Å²) in [5, 5.41) is 0. The molecule has 1 rings (SSSR count). The smallest absolute Gasteiger partial charge is 0.0239 e. The molecule has 0 aromatic heterocycles. The van der Waals surface area contributed by atoms with Crippen LogP contribution < -0.4 is 0 Å². The highest BCUT2D eigenvalue weighted by molar-refractivity contribution is 4.81. The molecule has 1 saturated carbocycles. The van der Waals surface area contributed by atoms with Gasteiger partial charge in [0.2, 0.25) is 0 Å². The lowest BCUT2D eigenvalue weighted by molar-refractivity contribution is 0.412. The van der Waals surface area contributed by atoms with E-state index in [1.165, 1.54) is 44.9 Å². The molecule has 14 heavy (non-hydrogen) atoms. The number of hydrogen-bond donors (Lipinski definition) is 0. The fourth-order valence-electron chi connectivity index (χ4n) is 2.75. The lowest BCUT2D eigenvalue weighted by atomic mass is 9.92. The Morgan fingerprint density at radius 3 is 2.50 bits per heavy atom. The lowest BCUT2D eigenvalue weighted by Crippen LogP contribution is -2.00. The van der Waals surface area contributed by atoms with Gasteiger partial charge in [-0.1, -0.05) is 39.2 Å². The van der Waals surface area contributed by atoms with Crippen molar-refractivity contribution in [2.24, 2.45) is 17.8 Å². The van der Waals surface area contributed by atoms with Gasteiger partial charge in [-0.05, 0) is 43.4 Å². The molecule has 0 heterocycles. The third-order valence-corrected chi connectivity index (χ3v) is 4.03. The SMILES string of the molecule is C=CC(CC)CCC1CCC(CC)C1. The molecule has 0 N–H and O–H groups in total. The molecule has 0 heteroatoms. The molecule has 0 aromatic carbocycles. The minimum atomic E-state index is 0.774. The molecule has 0 spiro atoms. The first kappa shape index (κ1) is 11.8. The number of hydrogen-bond acceptors (Lipinski definition) is 0.